The number of hydrogen-bond acceptors (Lipinski definition) is 4. The molecule has 1 aliphatic rings. The van der Waals surface area contributed by atoms with E-state index in [0.29, 0.717) is 0 Å². The van der Waals surface area contributed by atoms with Crippen LogP contribution in [0.25, 0.3) is 0 Å². The first-order chi connectivity index (χ1) is 11.8. The third-order valence-corrected chi connectivity index (χ3v) is 9.59. The Balaban J connectivity index is 2.21. The highest BCUT2D eigenvalue weighted by Crippen LogP contribution is 2.40. The molecule has 3 rings (SSSR count). The maximum atomic E-state index is 11.7. The summed E-state index contributed by atoms with van der Waals surface area (Å²) in [6.07, 6.45) is 0. The van der Waals surface area contributed by atoms with Crippen molar-refractivity contribution in [3.8, 4) is 0 Å². The van der Waals surface area contributed by atoms with Gasteiger partial charge in [-0.05, 0) is 15.4 Å². The maximum absolute atomic E-state index is 11.7. The molecule has 1 saturated heterocycles. The number of benzene rings is 2. The van der Waals surface area contributed by atoms with Crippen LogP contribution in [0.4, 0.5) is 0 Å². The minimum Gasteiger partial charge on any atom is -0.407 e. The van der Waals surface area contributed by atoms with Crippen LogP contribution in [0.15, 0.2) is 60.7 Å². The van der Waals surface area contributed by atoms with E-state index in [9.17, 15) is 4.79 Å². The van der Waals surface area contributed by atoms with Crippen molar-refractivity contribution in [3.63, 3.8) is 0 Å². The van der Waals surface area contributed by atoms with Crippen molar-refractivity contribution in [2.24, 2.45) is 0 Å². The van der Waals surface area contributed by atoms with E-state index in [1.54, 1.807) is 6.92 Å². The summed E-state index contributed by atoms with van der Waals surface area (Å²) in [7, 11) is -2.82. The van der Waals surface area contributed by atoms with E-state index in [1.807, 2.05) is 36.4 Å². The minimum atomic E-state index is -2.82. The summed E-state index contributed by atoms with van der Waals surface area (Å²) in [4.78, 5) is 11.7. The number of carbonyl (C=O) groups excluding carboxylic acids is 1. The van der Waals surface area contributed by atoms with Gasteiger partial charge in [0.1, 0.15) is 0 Å². The molecule has 1 unspecified atom stereocenters. The number of hydrogen-bond donors (Lipinski definition) is 0. The van der Waals surface area contributed by atoms with E-state index in [2.05, 4.69) is 45.0 Å². The molecule has 0 saturated carbocycles. The molecule has 0 bridgehead atoms. The molecule has 0 aliphatic carbocycles. The molecule has 1 aliphatic heterocycles. The summed E-state index contributed by atoms with van der Waals surface area (Å²) in [5.41, 5.74) is 0. The number of ether oxygens (including phenoxy) is 2. The number of esters is 1. The predicted octanol–water partition coefficient (Wildman–Crippen LogP) is 2.81. The van der Waals surface area contributed by atoms with Crippen molar-refractivity contribution in [2.75, 3.05) is 6.61 Å². The molecular formula is C20H24O4Si. The van der Waals surface area contributed by atoms with E-state index >= 15 is 0 Å². The second kappa shape index (κ2) is 6.41. The minimum absolute atomic E-state index is 0.0886. The number of rotatable bonds is 4. The zero-order chi connectivity index (χ0) is 18.1. The highest BCUT2D eigenvalue weighted by Gasteiger charge is 2.56. The zero-order valence-electron chi connectivity index (χ0n) is 15.1. The molecule has 0 radical (unpaired) electrons. The van der Waals surface area contributed by atoms with Gasteiger partial charge in [-0.2, -0.15) is 0 Å². The van der Waals surface area contributed by atoms with Gasteiger partial charge in [-0.1, -0.05) is 81.4 Å². The molecule has 0 spiro atoms. The third-order valence-electron chi connectivity index (χ3n) is 4.51. The fourth-order valence-corrected chi connectivity index (χ4v) is 8.02. The number of cyclic esters (lactones) is 1. The van der Waals surface area contributed by atoms with Gasteiger partial charge < -0.3 is 13.9 Å². The van der Waals surface area contributed by atoms with Gasteiger partial charge >= 0.3 is 11.9 Å². The van der Waals surface area contributed by atoms with Crippen LogP contribution >= 0.6 is 0 Å². The molecule has 1 atom stereocenters. The van der Waals surface area contributed by atoms with E-state index < -0.39 is 20.3 Å². The molecule has 2 aromatic carbocycles. The number of carbonyl (C=O) groups is 1. The molecule has 1 fully saturated rings. The van der Waals surface area contributed by atoms with E-state index in [1.165, 1.54) is 0 Å². The van der Waals surface area contributed by atoms with Crippen LogP contribution in [0.3, 0.4) is 0 Å². The van der Waals surface area contributed by atoms with Gasteiger partial charge in [0, 0.05) is 6.92 Å². The molecule has 0 N–H and O–H groups in total. The monoisotopic (exact) mass is 356 g/mol. The maximum Gasteiger partial charge on any atom is 0.336 e. The van der Waals surface area contributed by atoms with Crippen molar-refractivity contribution in [2.45, 2.75) is 38.7 Å². The van der Waals surface area contributed by atoms with Crippen LogP contribution < -0.4 is 10.4 Å². The largest absolute Gasteiger partial charge is 0.407 e. The second-order valence-electron chi connectivity index (χ2n) is 7.39. The van der Waals surface area contributed by atoms with Gasteiger partial charge in [0.05, 0.1) is 0 Å². The standard InChI is InChI=1S/C20H24O4Si/c1-19(2,3)25(16-11-7-5-8-12-16,17-13-9-6-10-14-17)24-20(4)22-15-18(21)23-20/h5-14H,15H2,1-4H3. The molecule has 132 valence electrons. The van der Waals surface area contributed by atoms with Crippen molar-refractivity contribution < 1.29 is 18.7 Å². The van der Waals surface area contributed by atoms with E-state index in [0.717, 1.165) is 10.4 Å². The average Bonchev–Trinajstić information content (AvgIpc) is 2.92. The highest BCUT2D eigenvalue weighted by atomic mass is 28.4. The van der Waals surface area contributed by atoms with Crippen molar-refractivity contribution in [1.29, 1.82) is 0 Å². The van der Waals surface area contributed by atoms with Crippen molar-refractivity contribution in [3.05, 3.63) is 60.7 Å². The van der Waals surface area contributed by atoms with E-state index in [-0.39, 0.29) is 11.6 Å². The van der Waals surface area contributed by atoms with Gasteiger partial charge in [-0.15, -0.1) is 0 Å². The van der Waals surface area contributed by atoms with Gasteiger partial charge in [-0.25, -0.2) is 4.79 Å². The lowest BCUT2D eigenvalue weighted by Crippen LogP contribution is -2.69. The molecule has 0 amide bonds. The van der Waals surface area contributed by atoms with Crippen molar-refractivity contribution in [1.82, 2.24) is 0 Å². The Hall–Kier alpha value is -1.95. The fraction of sp³-hybridized carbons (Fsp3) is 0.350. The molecule has 25 heavy (non-hydrogen) atoms. The van der Waals surface area contributed by atoms with Gasteiger partial charge in [-0.3, -0.25) is 0 Å². The van der Waals surface area contributed by atoms with Crippen LogP contribution in [0.1, 0.15) is 27.7 Å². The molecule has 2 aromatic rings. The molecule has 4 nitrogen and oxygen atoms in total. The fourth-order valence-electron chi connectivity index (χ4n) is 3.43. The Labute approximate surface area is 149 Å². The molecule has 1 heterocycles. The summed E-state index contributed by atoms with van der Waals surface area (Å²) < 4.78 is 17.6. The quantitative estimate of drug-likeness (QED) is 0.624. The first-order valence-corrected chi connectivity index (χ1v) is 10.3. The Morgan fingerprint density at radius 1 is 0.960 bits per heavy atom. The normalized spacial score (nSPS) is 21.2. The van der Waals surface area contributed by atoms with Crippen LogP contribution in [0.2, 0.25) is 5.04 Å². The first kappa shape index (κ1) is 17.9. The Morgan fingerprint density at radius 2 is 1.44 bits per heavy atom. The Kier molecular flexibility index (Phi) is 4.58. The Morgan fingerprint density at radius 3 is 1.80 bits per heavy atom. The Bertz CT molecular complexity index is 700. The summed E-state index contributed by atoms with van der Waals surface area (Å²) in [5.74, 6) is -1.78. The van der Waals surface area contributed by atoms with E-state index in [4.69, 9.17) is 13.9 Å². The summed E-state index contributed by atoms with van der Waals surface area (Å²) in [5, 5.41) is 2.01. The van der Waals surface area contributed by atoms with Crippen LogP contribution in [0.5, 0.6) is 0 Å². The lowest BCUT2D eigenvalue weighted by molar-refractivity contribution is -0.273. The van der Waals surface area contributed by atoms with Crippen LogP contribution in [-0.2, 0) is 18.7 Å². The van der Waals surface area contributed by atoms with Crippen molar-refractivity contribution >= 4 is 24.7 Å². The predicted molar refractivity (Wildman–Crippen MR) is 99.2 cm³/mol. The summed E-state index contributed by atoms with van der Waals surface area (Å²) >= 11 is 0. The lowest BCUT2D eigenvalue weighted by Gasteiger charge is -2.45. The average molecular weight is 356 g/mol. The summed E-state index contributed by atoms with van der Waals surface area (Å²) in [6, 6.07) is 20.4. The highest BCUT2D eigenvalue weighted by molar-refractivity contribution is 6.99. The van der Waals surface area contributed by atoms with Crippen LogP contribution in [-0.4, -0.2) is 26.9 Å². The second-order valence-corrected chi connectivity index (χ2v) is 11.6. The lowest BCUT2D eigenvalue weighted by atomic mass is 10.2. The smallest absolute Gasteiger partial charge is 0.336 e. The van der Waals surface area contributed by atoms with Crippen LogP contribution in [0, 0.1) is 0 Å². The first-order valence-electron chi connectivity index (χ1n) is 8.44. The molecule has 0 aromatic heterocycles. The third kappa shape index (κ3) is 3.27. The van der Waals surface area contributed by atoms with Gasteiger partial charge in [0.2, 0.25) is 0 Å². The summed E-state index contributed by atoms with van der Waals surface area (Å²) in [6.45, 7) is 8.09. The SMILES string of the molecule is CC1(O[Si](c2ccccc2)(c2ccccc2)C(C)(C)C)OCC(=O)O1. The molecular weight excluding hydrogens is 332 g/mol. The zero-order valence-corrected chi connectivity index (χ0v) is 16.1. The topological polar surface area (TPSA) is 44.8 Å². The van der Waals surface area contributed by atoms with Gasteiger partial charge in [0.15, 0.2) is 6.61 Å². The molecule has 5 heteroatoms. The van der Waals surface area contributed by atoms with Gasteiger partial charge in [0.25, 0.3) is 8.32 Å².